The molecule has 0 saturated heterocycles. The molecule has 0 aromatic rings. The summed E-state index contributed by atoms with van der Waals surface area (Å²) in [7, 11) is 1.77. The minimum atomic E-state index is -0.107. The molecule has 2 N–H and O–H groups in total. The number of rotatable bonds is 12. The molecule has 4 nitrogen and oxygen atoms in total. The van der Waals surface area contributed by atoms with Gasteiger partial charge in [0.05, 0.1) is 13.2 Å². The molecule has 4 heteroatoms. The van der Waals surface area contributed by atoms with E-state index in [-0.39, 0.29) is 12.1 Å². The highest BCUT2D eigenvalue weighted by Gasteiger charge is 2.30. The second-order valence-electron chi connectivity index (χ2n) is 6.45. The third-order valence-electron chi connectivity index (χ3n) is 4.32. The topological polar surface area (TPSA) is 44.7 Å². The lowest BCUT2D eigenvalue weighted by Crippen LogP contribution is -2.51. The maximum Gasteiger partial charge on any atom is 0.0613 e. The van der Waals surface area contributed by atoms with E-state index in [1.54, 1.807) is 7.11 Å². The average Bonchev–Trinajstić information content (AvgIpc) is 3.25. The minimum absolute atomic E-state index is 0.107. The average molecular weight is 286 g/mol. The van der Waals surface area contributed by atoms with E-state index in [9.17, 15) is 5.11 Å². The maximum atomic E-state index is 9.76. The molecule has 0 aromatic carbocycles. The Balaban J connectivity index is 2.37. The van der Waals surface area contributed by atoms with Gasteiger partial charge in [-0.3, -0.25) is 4.90 Å². The molecule has 1 rings (SSSR count). The number of methoxy groups -OCH3 is 1. The molecule has 0 aliphatic heterocycles. The van der Waals surface area contributed by atoms with Crippen LogP contribution < -0.4 is 5.32 Å². The van der Waals surface area contributed by atoms with Gasteiger partial charge >= 0.3 is 0 Å². The summed E-state index contributed by atoms with van der Waals surface area (Å²) >= 11 is 0. The molecule has 20 heavy (non-hydrogen) atoms. The van der Waals surface area contributed by atoms with Crippen molar-refractivity contribution in [3.05, 3.63) is 0 Å². The number of nitrogens with one attached hydrogen (secondary N) is 1. The summed E-state index contributed by atoms with van der Waals surface area (Å²) in [4.78, 5) is 2.55. The van der Waals surface area contributed by atoms with Gasteiger partial charge in [0.1, 0.15) is 0 Å². The van der Waals surface area contributed by atoms with Crippen LogP contribution in [0.3, 0.4) is 0 Å². The summed E-state index contributed by atoms with van der Waals surface area (Å²) in [5.74, 6) is 0. The van der Waals surface area contributed by atoms with Crippen LogP contribution in [-0.4, -0.2) is 61.0 Å². The Bertz CT molecular complexity index is 251. The standard InChI is InChI=1S/C16H34N2O2/c1-5-16(13-19,17-14(2)3)9-6-10-18(11-12-20-4)15-7-8-15/h14-15,17,19H,5-13H2,1-4H3. The summed E-state index contributed by atoms with van der Waals surface area (Å²) in [6.45, 7) is 9.66. The van der Waals surface area contributed by atoms with Gasteiger partial charge in [-0.05, 0) is 38.6 Å². The monoisotopic (exact) mass is 286 g/mol. The molecular formula is C16H34N2O2. The van der Waals surface area contributed by atoms with Crippen molar-refractivity contribution in [1.29, 1.82) is 0 Å². The molecule has 0 aromatic heterocycles. The van der Waals surface area contributed by atoms with Gasteiger partial charge in [-0.15, -0.1) is 0 Å². The van der Waals surface area contributed by atoms with Gasteiger partial charge in [0, 0.05) is 31.3 Å². The van der Waals surface area contributed by atoms with Gasteiger partial charge in [-0.1, -0.05) is 20.8 Å². The highest BCUT2D eigenvalue weighted by molar-refractivity contribution is 4.89. The highest BCUT2D eigenvalue weighted by atomic mass is 16.5. The van der Waals surface area contributed by atoms with Crippen LogP contribution in [0.25, 0.3) is 0 Å². The first-order valence-corrected chi connectivity index (χ1v) is 8.18. The van der Waals surface area contributed by atoms with Gasteiger partial charge in [0.25, 0.3) is 0 Å². The van der Waals surface area contributed by atoms with E-state index >= 15 is 0 Å². The Labute approximate surface area is 124 Å². The molecular weight excluding hydrogens is 252 g/mol. The van der Waals surface area contributed by atoms with Gasteiger partial charge in [0.15, 0.2) is 0 Å². The third-order valence-corrected chi connectivity index (χ3v) is 4.32. The number of ether oxygens (including phenoxy) is 1. The summed E-state index contributed by atoms with van der Waals surface area (Å²) in [6, 6.07) is 1.20. The van der Waals surface area contributed by atoms with Crippen molar-refractivity contribution < 1.29 is 9.84 Å². The van der Waals surface area contributed by atoms with Crippen molar-refractivity contribution in [2.75, 3.05) is 33.4 Å². The molecule has 1 saturated carbocycles. The van der Waals surface area contributed by atoms with E-state index in [0.717, 1.165) is 45.0 Å². The molecule has 1 atom stereocenters. The predicted molar refractivity (Wildman–Crippen MR) is 84.1 cm³/mol. The van der Waals surface area contributed by atoms with Crippen LogP contribution in [0.1, 0.15) is 52.9 Å². The van der Waals surface area contributed by atoms with Crippen LogP contribution in [-0.2, 0) is 4.74 Å². The fraction of sp³-hybridized carbons (Fsp3) is 1.00. The summed E-state index contributed by atoms with van der Waals surface area (Å²) in [5.41, 5.74) is -0.107. The molecule has 120 valence electrons. The zero-order valence-electron chi connectivity index (χ0n) is 13.8. The molecule has 0 amide bonds. The van der Waals surface area contributed by atoms with Crippen LogP contribution >= 0.6 is 0 Å². The lowest BCUT2D eigenvalue weighted by Gasteiger charge is -2.35. The van der Waals surface area contributed by atoms with E-state index in [1.165, 1.54) is 12.8 Å². The Morgan fingerprint density at radius 3 is 2.50 bits per heavy atom. The summed E-state index contributed by atoms with van der Waals surface area (Å²) < 4.78 is 5.20. The van der Waals surface area contributed by atoms with E-state index in [4.69, 9.17) is 4.74 Å². The lowest BCUT2D eigenvalue weighted by molar-refractivity contribution is 0.118. The fourth-order valence-corrected chi connectivity index (χ4v) is 2.95. The Hall–Kier alpha value is -0.160. The molecule has 1 fully saturated rings. The zero-order chi connectivity index (χ0) is 15.0. The number of aliphatic hydroxyl groups excluding tert-OH is 1. The van der Waals surface area contributed by atoms with Crippen molar-refractivity contribution in [3.63, 3.8) is 0 Å². The highest BCUT2D eigenvalue weighted by Crippen LogP contribution is 2.27. The van der Waals surface area contributed by atoms with Crippen molar-refractivity contribution in [2.24, 2.45) is 0 Å². The van der Waals surface area contributed by atoms with Crippen molar-refractivity contribution in [3.8, 4) is 0 Å². The van der Waals surface area contributed by atoms with E-state index < -0.39 is 0 Å². The number of aliphatic hydroxyl groups is 1. The first-order valence-electron chi connectivity index (χ1n) is 8.18. The largest absolute Gasteiger partial charge is 0.394 e. The number of hydrogen-bond acceptors (Lipinski definition) is 4. The first-order chi connectivity index (χ1) is 9.56. The van der Waals surface area contributed by atoms with Gasteiger partial charge < -0.3 is 15.2 Å². The Morgan fingerprint density at radius 1 is 1.35 bits per heavy atom. The molecule has 0 radical (unpaired) electrons. The second kappa shape index (κ2) is 8.98. The Morgan fingerprint density at radius 2 is 2.05 bits per heavy atom. The van der Waals surface area contributed by atoms with Crippen LogP contribution in [0.2, 0.25) is 0 Å². The normalized spacial score (nSPS) is 18.8. The summed E-state index contributed by atoms with van der Waals surface area (Å²) in [5, 5.41) is 13.3. The third kappa shape index (κ3) is 6.08. The van der Waals surface area contributed by atoms with Crippen molar-refractivity contribution >= 4 is 0 Å². The van der Waals surface area contributed by atoms with Crippen molar-refractivity contribution in [2.45, 2.75) is 70.5 Å². The molecule has 0 spiro atoms. The van der Waals surface area contributed by atoms with Gasteiger partial charge in [0.2, 0.25) is 0 Å². The second-order valence-corrected chi connectivity index (χ2v) is 6.45. The molecule has 0 bridgehead atoms. The fourth-order valence-electron chi connectivity index (χ4n) is 2.95. The van der Waals surface area contributed by atoms with E-state index in [2.05, 4.69) is 31.0 Å². The first kappa shape index (κ1) is 17.9. The summed E-state index contributed by atoms with van der Waals surface area (Å²) in [6.07, 6.45) is 5.83. The maximum absolute atomic E-state index is 9.76. The van der Waals surface area contributed by atoms with Crippen LogP contribution in [0.4, 0.5) is 0 Å². The molecule has 1 unspecified atom stereocenters. The Kier molecular flexibility index (Phi) is 8.03. The number of nitrogens with zero attached hydrogens (tertiary/aromatic N) is 1. The number of hydrogen-bond donors (Lipinski definition) is 2. The zero-order valence-corrected chi connectivity index (χ0v) is 13.8. The van der Waals surface area contributed by atoms with Crippen LogP contribution in [0.15, 0.2) is 0 Å². The lowest BCUT2D eigenvalue weighted by atomic mass is 9.90. The smallest absolute Gasteiger partial charge is 0.0613 e. The van der Waals surface area contributed by atoms with Gasteiger partial charge in [-0.2, -0.15) is 0 Å². The minimum Gasteiger partial charge on any atom is -0.394 e. The SMILES string of the molecule is CCC(CO)(CCCN(CCOC)C1CC1)NC(C)C. The van der Waals surface area contributed by atoms with Crippen molar-refractivity contribution in [1.82, 2.24) is 10.2 Å². The van der Waals surface area contributed by atoms with E-state index in [0.29, 0.717) is 6.04 Å². The van der Waals surface area contributed by atoms with E-state index in [1.807, 2.05) is 0 Å². The molecule has 1 aliphatic rings. The molecule has 0 heterocycles. The quantitative estimate of drug-likeness (QED) is 0.576. The predicted octanol–water partition coefficient (Wildman–Crippen LogP) is 2.02. The van der Waals surface area contributed by atoms with Crippen LogP contribution in [0, 0.1) is 0 Å². The molecule has 1 aliphatic carbocycles. The van der Waals surface area contributed by atoms with Gasteiger partial charge in [-0.25, -0.2) is 0 Å². The van der Waals surface area contributed by atoms with Crippen LogP contribution in [0.5, 0.6) is 0 Å².